The highest BCUT2D eigenvalue weighted by molar-refractivity contribution is 7.89. The molecule has 1 aromatic carbocycles. The summed E-state index contributed by atoms with van der Waals surface area (Å²) in [6.07, 6.45) is -0.171. The Morgan fingerprint density at radius 1 is 1.15 bits per heavy atom. The number of carbonyl (C=O) groups excluding carboxylic acids is 1. The van der Waals surface area contributed by atoms with Gasteiger partial charge in [0, 0.05) is 57.2 Å². The average Bonchev–Trinajstić information content (AvgIpc) is 3.35. The Morgan fingerprint density at radius 2 is 1.83 bits per heavy atom. The molecule has 1 fully saturated rings. The summed E-state index contributed by atoms with van der Waals surface area (Å²) < 4.78 is 44.4. The van der Waals surface area contributed by atoms with E-state index in [-0.39, 0.29) is 40.5 Å². The molecule has 1 amide bonds. The zero-order valence-electron chi connectivity index (χ0n) is 23.1. The van der Waals surface area contributed by atoms with Crippen LogP contribution in [0.1, 0.15) is 23.0 Å². The minimum Gasteiger partial charge on any atom is -0.513 e. The maximum Gasteiger partial charge on any atom is 0.257 e. The lowest BCUT2D eigenvalue weighted by Gasteiger charge is -2.31. The van der Waals surface area contributed by atoms with Crippen LogP contribution in [-0.4, -0.2) is 91.7 Å². The second-order valence-electron chi connectivity index (χ2n) is 9.54. The summed E-state index contributed by atoms with van der Waals surface area (Å²) in [6, 6.07) is 8.97. The highest BCUT2D eigenvalue weighted by Crippen LogP contribution is 2.27. The second kappa shape index (κ2) is 13.4. The van der Waals surface area contributed by atoms with Gasteiger partial charge >= 0.3 is 0 Å². The molecule has 1 aliphatic rings. The third-order valence-electron chi connectivity index (χ3n) is 6.07. The van der Waals surface area contributed by atoms with Gasteiger partial charge in [-0.25, -0.2) is 13.4 Å². The Labute approximate surface area is 243 Å². The van der Waals surface area contributed by atoms with Crippen molar-refractivity contribution in [1.82, 2.24) is 19.2 Å². The first-order valence-corrected chi connectivity index (χ1v) is 15.1. The van der Waals surface area contributed by atoms with Crippen molar-refractivity contribution in [3.63, 3.8) is 0 Å². The summed E-state index contributed by atoms with van der Waals surface area (Å²) in [6.45, 7) is 7.76. The van der Waals surface area contributed by atoms with E-state index < -0.39 is 15.9 Å². The lowest BCUT2D eigenvalue weighted by atomic mass is 10.2. The number of thiazole rings is 1. The molecule has 2 aromatic heterocycles. The van der Waals surface area contributed by atoms with Gasteiger partial charge in [0.1, 0.15) is 11.9 Å². The van der Waals surface area contributed by atoms with Gasteiger partial charge in [0.15, 0.2) is 5.13 Å². The maximum atomic E-state index is 13.1. The number of likely N-dealkylation sites (N-methyl/N-ethyl adjacent to an activating group) is 1. The van der Waals surface area contributed by atoms with Crippen LogP contribution in [0.15, 0.2) is 59.0 Å². The molecule has 0 bridgehead atoms. The lowest BCUT2D eigenvalue weighted by Crippen LogP contribution is -2.46. The molecule has 4 rings (SSSR count). The molecule has 0 aliphatic carbocycles. The lowest BCUT2D eigenvalue weighted by molar-refractivity contribution is 0.0882. The second-order valence-corrected chi connectivity index (χ2v) is 12.3. The number of nitrogens with zero attached hydrogens (tertiary/aromatic N) is 4. The van der Waals surface area contributed by atoms with Crippen molar-refractivity contribution in [2.24, 2.45) is 0 Å². The van der Waals surface area contributed by atoms with E-state index in [1.807, 2.05) is 7.05 Å². The van der Waals surface area contributed by atoms with Crippen molar-refractivity contribution in [1.29, 1.82) is 0 Å². The van der Waals surface area contributed by atoms with Crippen LogP contribution in [0.4, 0.5) is 5.13 Å². The summed E-state index contributed by atoms with van der Waals surface area (Å²) in [5.41, 5.74) is 0.777. The van der Waals surface area contributed by atoms with Crippen LogP contribution in [-0.2, 0) is 21.2 Å². The van der Waals surface area contributed by atoms with E-state index in [2.05, 4.69) is 26.8 Å². The molecular formula is C27H33N5O7S2. The zero-order chi connectivity index (χ0) is 29.6. The molecule has 3 aromatic rings. The first kappa shape index (κ1) is 30.4. The fourth-order valence-electron chi connectivity index (χ4n) is 4.00. The average molecular weight is 604 g/mol. The van der Waals surface area contributed by atoms with Crippen molar-refractivity contribution in [3.8, 4) is 17.5 Å². The Bertz CT molecular complexity index is 1470. The summed E-state index contributed by atoms with van der Waals surface area (Å²) >= 11 is 1.21. The van der Waals surface area contributed by atoms with Crippen molar-refractivity contribution in [2.45, 2.75) is 24.3 Å². The Balaban J connectivity index is 1.53. The SMILES string of the molecule is C=C(O)Cc1csc(NC(=O)c2cc(Oc3ccc(S(=O)(=O)N4CCN(C)CC4)cc3)nc(O[C@H](C)COC)c2)n1. The predicted octanol–water partition coefficient (Wildman–Crippen LogP) is 3.55. The Morgan fingerprint density at radius 3 is 2.49 bits per heavy atom. The molecule has 220 valence electrons. The van der Waals surface area contributed by atoms with E-state index in [1.165, 1.54) is 52.0 Å². The fraction of sp³-hybridized carbons (Fsp3) is 0.370. The normalized spacial score (nSPS) is 15.3. The molecule has 0 unspecified atom stereocenters. The molecule has 0 spiro atoms. The van der Waals surface area contributed by atoms with Crippen LogP contribution >= 0.6 is 11.3 Å². The number of aliphatic hydroxyl groups is 1. The largest absolute Gasteiger partial charge is 0.513 e. The zero-order valence-corrected chi connectivity index (χ0v) is 24.7. The first-order valence-electron chi connectivity index (χ1n) is 12.8. The number of pyridine rings is 1. The third-order valence-corrected chi connectivity index (χ3v) is 8.79. The van der Waals surface area contributed by atoms with Crippen LogP contribution in [0.2, 0.25) is 0 Å². The molecule has 0 radical (unpaired) electrons. The quantitative estimate of drug-likeness (QED) is 0.295. The maximum absolute atomic E-state index is 13.1. The molecular weight excluding hydrogens is 570 g/mol. The summed E-state index contributed by atoms with van der Waals surface area (Å²) in [4.78, 5) is 24.0. The number of methoxy groups -OCH3 is 1. The van der Waals surface area contributed by atoms with E-state index in [9.17, 15) is 18.3 Å². The number of hydrogen-bond donors (Lipinski definition) is 2. The van der Waals surface area contributed by atoms with Gasteiger partial charge in [-0.1, -0.05) is 6.58 Å². The molecule has 12 nitrogen and oxygen atoms in total. The summed E-state index contributed by atoms with van der Waals surface area (Å²) in [5.74, 6) is 0.0446. The molecule has 1 aliphatic heterocycles. The summed E-state index contributed by atoms with van der Waals surface area (Å²) in [5, 5.41) is 14.2. The van der Waals surface area contributed by atoms with Gasteiger partial charge in [-0.05, 0) is 38.2 Å². The van der Waals surface area contributed by atoms with E-state index in [0.717, 1.165) is 0 Å². The van der Waals surface area contributed by atoms with Gasteiger partial charge in [0.25, 0.3) is 5.91 Å². The Kier molecular flexibility index (Phi) is 9.94. The van der Waals surface area contributed by atoms with E-state index in [4.69, 9.17) is 14.2 Å². The topological polar surface area (TPSA) is 143 Å². The molecule has 3 heterocycles. The number of ether oxygens (including phenoxy) is 3. The molecule has 14 heteroatoms. The third kappa shape index (κ3) is 8.24. The predicted molar refractivity (Wildman–Crippen MR) is 155 cm³/mol. The van der Waals surface area contributed by atoms with Gasteiger partial charge < -0.3 is 24.2 Å². The Hall–Kier alpha value is -3.56. The van der Waals surface area contributed by atoms with Crippen LogP contribution in [0.25, 0.3) is 0 Å². The fourth-order valence-corrected chi connectivity index (χ4v) is 6.13. The van der Waals surface area contributed by atoms with E-state index in [1.54, 1.807) is 19.4 Å². The van der Waals surface area contributed by atoms with Crippen molar-refractivity contribution in [3.05, 3.63) is 65.4 Å². The van der Waals surface area contributed by atoms with Crippen LogP contribution in [0.3, 0.4) is 0 Å². The number of anilines is 1. The van der Waals surface area contributed by atoms with E-state index >= 15 is 0 Å². The molecule has 0 saturated carbocycles. The smallest absolute Gasteiger partial charge is 0.257 e. The minimum absolute atomic E-state index is 0.0268. The minimum atomic E-state index is -3.63. The summed E-state index contributed by atoms with van der Waals surface area (Å²) in [7, 11) is -0.116. The first-order chi connectivity index (χ1) is 19.5. The molecule has 1 saturated heterocycles. The van der Waals surface area contributed by atoms with Gasteiger partial charge in [-0.2, -0.15) is 9.29 Å². The van der Waals surface area contributed by atoms with Gasteiger partial charge in [0.05, 0.1) is 28.5 Å². The van der Waals surface area contributed by atoms with Gasteiger partial charge in [-0.15, -0.1) is 11.3 Å². The standard InChI is InChI=1S/C27H33N5O7S2/c1-18(33)13-21-17-40-27(28-21)30-26(34)20-14-24(38-19(2)16-37-4)29-25(15-20)39-22-5-7-23(8-6-22)41(35,36)32-11-9-31(3)10-12-32/h5-8,14-15,17,19,33H,1,9-13,16H2,2-4H3,(H,28,30,34)/t19-/m1/s1. The number of allylic oxidation sites excluding steroid dienone is 1. The van der Waals surface area contributed by atoms with E-state index in [0.29, 0.717) is 49.4 Å². The number of piperazine rings is 1. The van der Waals surface area contributed by atoms with Crippen LogP contribution in [0.5, 0.6) is 17.5 Å². The highest BCUT2D eigenvalue weighted by atomic mass is 32.2. The number of sulfonamides is 1. The van der Waals surface area contributed by atoms with Crippen molar-refractivity contribution in [2.75, 3.05) is 52.3 Å². The van der Waals surface area contributed by atoms with Crippen LogP contribution in [0, 0.1) is 0 Å². The van der Waals surface area contributed by atoms with Gasteiger partial charge in [0.2, 0.25) is 21.8 Å². The number of aliphatic hydroxyl groups excluding tert-OH is 1. The monoisotopic (exact) mass is 603 g/mol. The number of amides is 1. The van der Waals surface area contributed by atoms with Crippen molar-refractivity contribution < 1.29 is 32.5 Å². The molecule has 41 heavy (non-hydrogen) atoms. The number of rotatable bonds is 12. The van der Waals surface area contributed by atoms with Crippen molar-refractivity contribution >= 4 is 32.4 Å². The molecule has 1 atom stereocenters. The van der Waals surface area contributed by atoms with Crippen LogP contribution < -0.4 is 14.8 Å². The van der Waals surface area contributed by atoms with Gasteiger partial charge in [-0.3, -0.25) is 10.1 Å². The number of hydrogen-bond acceptors (Lipinski definition) is 11. The number of nitrogens with one attached hydrogen (secondary N) is 1. The molecule has 2 N–H and O–H groups in total. The number of aromatic nitrogens is 2. The highest BCUT2D eigenvalue weighted by Gasteiger charge is 2.27. The number of carbonyl (C=O) groups is 1. The number of benzene rings is 1.